The van der Waals surface area contributed by atoms with Gasteiger partial charge in [0.2, 0.25) is 0 Å². The molecule has 6 rings (SSSR count). The highest BCUT2D eigenvalue weighted by atomic mass is 16.4. The molecule has 1 aromatic heterocycles. The Kier molecular flexibility index (Phi) is 7.23. The second kappa shape index (κ2) is 10.4. The Bertz CT molecular complexity index is 1070. The second-order valence-corrected chi connectivity index (χ2v) is 12.0. The van der Waals surface area contributed by atoms with Crippen molar-refractivity contribution in [3.05, 3.63) is 47.0 Å². The number of amides is 1. The van der Waals surface area contributed by atoms with Crippen molar-refractivity contribution in [1.29, 1.82) is 0 Å². The number of carbonyl (C=O) groups is 2. The van der Waals surface area contributed by atoms with E-state index in [4.69, 9.17) is 4.98 Å². The Morgan fingerprint density at radius 2 is 1.83 bits per heavy atom. The number of imidazole rings is 1. The minimum Gasteiger partial charge on any atom is -0.478 e. The predicted molar refractivity (Wildman–Crippen MR) is 141 cm³/mol. The number of nitrogens with one attached hydrogen (secondary N) is 2. The largest absolute Gasteiger partial charge is 0.478 e. The monoisotopic (exact) mass is 491 g/mol. The highest BCUT2D eigenvalue weighted by Gasteiger charge is 2.50. The van der Waals surface area contributed by atoms with Crippen LogP contribution in [-0.2, 0) is 6.42 Å². The van der Waals surface area contributed by atoms with Crippen LogP contribution in [0.5, 0.6) is 0 Å². The van der Waals surface area contributed by atoms with Gasteiger partial charge in [-0.2, -0.15) is 0 Å². The van der Waals surface area contributed by atoms with Crippen molar-refractivity contribution in [3.8, 4) is 0 Å². The number of hydrogen-bond acceptors (Lipinski definition) is 3. The molecule has 2 aromatic rings. The second-order valence-electron chi connectivity index (χ2n) is 12.0. The lowest BCUT2D eigenvalue weighted by Crippen LogP contribution is -2.46. The number of benzene rings is 1. The molecule has 6 heteroatoms. The summed E-state index contributed by atoms with van der Waals surface area (Å²) in [6, 6.07) is 6.41. The van der Waals surface area contributed by atoms with Crippen molar-refractivity contribution in [2.24, 2.45) is 23.2 Å². The fourth-order valence-corrected chi connectivity index (χ4v) is 7.88. The maximum atomic E-state index is 13.4. The summed E-state index contributed by atoms with van der Waals surface area (Å²) in [4.78, 5) is 33.3. The quantitative estimate of drug-likeness (QED) is 0.310. The molecule has 6 nitrogen and oxygen atoms in total. The van der Waals surface area contributed by atoms with Gasteiger partial charge in [0.25, 0.3) is 5.91 Å². The van der Waals surface area contributed by atoms with E-state index >= 15 is 0 Å². The van der Waals surface area contributed by atoms with Gasteiger partial charge in [0, 0.05) is 17.3 Å². The van der Waals surface area contributed by atoms with Gasteiger partial charge in [0.05, 0.1) is 5.56 Å². The van der Waals surface area contributed by atoms with Gasteiger partial charge in [-0.05, 0) is 106 Å². The van der Waals surface area contributed by atoms with E-state index in [9.17, 15) is 14.7 Å². The number of hydrogen-bond donors (Lipinski definition) is 3. The summed E-state index contributed by atoms with van der Waals surface area (Å²) in [5.41, 5.74) is 2.50. The topological polar surface area (TPSA) is 95.1 Å². The molecule has 4 aliphatic carbocycles. The summed E-state index contributed by atoms with van der Waals surface area (Å²) in [5, 5.41) is 12.2. The number of nitrogens with zero attached hydrogens (tertiary/aromatic N) is 1. The first-order chi connectivity index (χ1) is 17.4. The van der Waals surface area contributed by atoms with Crippen molar-refractivity contribution in [2.75, 3.05) is 5.32 Å². The molecule has 4 bridgehead atoms. The van der Waals surface area contributed by atoms with E-state index in [1.54, 1.807) is 12.1 Å². The van der Waals surface area contributed by atoms with E-state index < -0.39 is 5.97 Å². The SMILES string of the molecule is CCCCC(CC)c1nc(C(=O)Nc2cccc(C(=O)O)c2)c(CCC23CC4CC(CC(C4)C2)C3)[nH]1. The van der Waals surface area contributed by atoms with Crippen LogP contribution in [0.1, 0.15) is 123 Å². The minimum absolute atomic E-state index is 0.156. The number of aromatic nitrogens is 2. The van der Waals surface area contributed by atoms with Gasteiger partial charge in [0.15, 0.2) is 0 Å². The Hall–Kier alpha value is -2.63. The third kappa shape index (κ3) is 5.23. The van der Waals surface area contributed by atoms with Gasteiger partial charge in [-0.25, -0.2) is 9.78 Å². The molecular formula is C30H41N3O3. The van der Waals surface area contributed by atoms with Crippen LogP contribution in [0, 0.1) is 23.2 Å². The van der Waals surface area contributed by atoms with Crippen LogP contribution in [0.3, 0.4) is 0 Å². The normalized spacial score (nSPS) is 27.2. The Balaban J connectivity index is 1.38. The standard InChI is InChI=1S/C30H41N3O3/c1-3-5-7-22(4-2)27-32-25(10-11-30-16-19-12-20(17-30)14-21(13-19)18-30)26(33-27)28(34)31-24-9-6-8-23(15-24)29(35)36/h6,8-9,15,19-22H,3-5,7,10-14,16-18H2,1-2H3,(H,31,34)(H,32,33)(H,35,36). The summed E-state index contributed by atoms with van der Waals surface area (Å²) >= 11 is 0. The van der Waals surface area contributed by atoms with Crippen molar-refractivity contribution >= 4 is 17.6 Å². The molecule has 1 aromatic carbocycles. The number of carboxylic acids is 1. The average Bonchev–Trinajstić information content (AvgIpc) is 3.27. The van der Waals surface area contributed by atoms with Gasteiger partial charge in [-0.3, -0.25) is 4.79 Å². The first-order valence-corrected chi connectivity index (χ1v) is 14.1. The van der Waals surface area contributed by atoms with Gasteiger partial charge in [0.1, 0.15) is 11.5 Å². The summed E-state index contributed by atoms with van der Waals surface area (Å²) < 4.78 is 0. The third-order valence-corrected chi connectivity index (χ3v) is 9.24. The molecule has 1 atom stereocenters. The highest BCUT2D eigenvalue weighted by Crippen LogP contribution is 2.61. The van der Waals surface area contributed by atoms with Crippen molar-refractivity contribution in [1.82, 2.24) is 9.97 Å². The summed E-state index contributed by atoms with van der Waals surface area (Å²) in [6.07, 6.45) is 14.7. The number of rotatable bonds is 11. The molecule has 0 aliphatic heterocycles. The first kappa shape index (κ1) is 25.0. The molecule has 0 saturated heterocycles. The van der Waals surface area contributed by atoms with Crippen molar-refractivity contribution in [3.63, 3.8) is 0 Å². The maximum Gasteiger partial charge on any atom is 0.335 e. The molecule has 1 unspecified atom stereocenters. The number of carboxylic acid groups (broad SMARTS) is 1. The molecule has 3 N–H and O–H groups in total. The van der Waals surface area contributed by atoms with Gasteiger partial charge < -0.3 is 15.4 Å². The van der Waals surface area contributed by atoms with Gasteiger partial charge >= 0.3 is 5.97 Å². The number of unbranched alkanes of at least 4 members (excludes halogenated alkanes) is 1. The highest BCUT2D eigenvalue weighted by molar-refractivity contribution is 6.04. The zero-order valence-electron chi connectivity index (χ0n) is 21.8. The number of aromatic carboxylic acids is 1. The van der Waals surface area contributed by atoms with Crippen LogP contribution in [-0.4, -0.2) is 27.0 Å². The van der Waals surface area contributed by atoms with Crippen LogP contribution >= 0.6 is 0 Å². The number of aryl methyl sites for hydroxylation is 1. The minimum atomic E-state index is -1.01. The Morgan fingerprint density at radius 3 is 2.44 bits per heavy atom. The zero-order valence-corrected chi connectivity index (χ0v) is 21.8. The van der Waals surface area contributed by atoms with Gasteiger partial charge in [-0.1, -0.05) is 32.8 Å². The van der Waals surface area contributed by atoms with Crippen molar-refractivity contribution < 1.29 is 14.7 Å². The average molecular weight is 492 g/mol. The van der Waals surface area contributed by atoms with Crippen LogP contribution in [0.4, 0.5) is 5.69 Å². The molecule has 194 valence electrons. The van der Waals surface area contributed by atoms with Crippen LogP contribution < -0.4 is 5.32 Å². The first-order valence-electron chi connectivity index (χ1n) is 14.1. The number of carbonyl (C=O) groups excluding carboxylic acids is 1. The Labute approximate surface area is 214 Å². The number of H-pyrrole nitrogens is 1. The lowest BCUT2D eigenvalue weighted by Gasteiger charge is -2.57. The van der Waals surface area contributed by atoms with Crippen LogP contribution in [0.2, 0.25) is 0 Å². The maximum absolute atomic E-state index is 13.4. The smallest absolute Gasteiger partial charge is 0.335 e. The molecule has 0 spiro atoms. The third-order valence-electron chi connectivity index (χ3n) is 9.24. The van der Waals surface area contributed by atoms with Gasteiger partial charge in [-0.15, -0.1) is 0 Å². The summed E-state index contributed by atoms with van der Waals surface area (Å²) in [5.74, 6) is 2.72. The number of aromatic amines is 1. The van der Waals surface area contributed by atoms with E-state index in [2.05, 4.69) is 24.1 Å². The van der Waals surface area contributed by atoms with E-state index in [0.29, 0.717) is 22.7 Å². The molecule has 36 heavy (non-hydrogen) atoms. The fraction of sp³-hybridized carbons (Fsp3) is 0.633. The van der Waals surface area contributed by atoms with Crippen LogP contribution in [0.25, 0.3) is 0 Å². The van der Waals surface area contributed by atoms with E-state index in [1.807, 2.05) is 0 Å². The predicted octanol–water partition coefficient (Wildman–Crippen LogP) is 7.19. The molecule has 4 saturated carbocycles. The van der Waals surface area contributed by atoms with E-state index in [1.165, 1.54) is 50.7 Å². The lowest BCUT2D eigenvalue weighted by molar-refractivity contribution is -0.0570. The molecule has 1 heterocycles. The molecule has 4 aliphatic rings. The summed E-state index contributed by atoms with van der Waals surface area (Å²) in [6.45, 7) is 4.39. The van der Waals surface area contributed by atoms with E-state index in [-0.39, 0.29) is 11.5 Å². The fourth-order valence-electron chi connectivity index (χ4n) is 7.88. The summed E-state index contributed by atoms with van der Waals surface area (Å²) in [7, 11) is 0. The molecule has 0 radical (unpaired) electrons. The lowest BCUT2D eigenvalue weighted by atomic mass is 9.48. The number of anilines is 1. The molecule has 4 fully saturated rings. The zero-order chi connectivity index (χ0) is 25.3. The molecule has 1 amide bonds. The Morgan fingerprint density at radius 1 is 1.14 bits per heavy atom. The van der Waals surface area contributed by atoms with Crippen molar-refractivity contribution in [2.45, 2.75) is 96.8 Å². The van der Waals surface area contributed by atoms with Crippen LogP contribution in [0.15, 0.2) is 24.3 Å². The van der Waals surface area contributed by atoms with E-state index in [0.717, 1.165) is 67.8 Å². The molecular weight excluding hydrogens is 450 g/mol.